The molecule has 2 aliphatic rings. The molecule has 0 saturated carbocycles. The first kappa shape index (κ1) is 24.5. The molecular weight excluding hydrogens is 414 g/mol. The summed E-state index contributed by atoms with van der Waals surface area (Å²) in [5.41, 5.74) is -1.11. The fourth-order valence-corrected chi connectivity index (χ4v) is 3.64. The maximum Gasteiger partial charge on any atom is 0.494 e. The van der Waals surface area contributed by atoms with Crippen LogP contribution >= 0.6 is 0 Å². The molecule has 2 heterocycles. The third-order valence-electron chi connectivity index (χ3n) is 6.25. The van der Waals surface area contributed by atoms with Crippen LogP contribution in [0.5, 0.6) is 0 Å². The van der Waals surface area contributed by atoms with Crippen molar-refractivity contribution >= 4 is 24.6 Å². The molecule has 2 fully saturated rings. The average molecular weight is 448 g/mol. The van der Waals surface area contributed by atoms with Gasteiger partial charge in [-0.2, -0.15) is 0 Å². The zero-order valence-electron chi connectivity index (χ0n) is 20.1. The highest BCUT2D eigenvalue weighted by Gasteiger charge is 2.51. The summed E-state index contributed by atoms with van der Waals surface area (Å²) >= 11 is 0. The number of piperidine rings is 1. The van der Waals surface area contributed by atoms with Crippen molar-refractivity contribution in [1.29, 1.82) is 0 Å². The highest BCUT2D eigenvalue weighted by Crippen LogP contribution is 2.36. The van der Waals surface area contributed by atoms with Gasteiger partial charge < -0.3 is 24.3 Å². The van der Waals surface area contributed by atoms with E-state index in [4.69, 9.17) is 14.0 Å². The van der Waals surface area contributed by atoms with Gasteiger partial charge in [0.15, 0.2) is 0 Å². The minimum atomic E-state index is -0.691. The summed E-state index contributed by atoms with van der Waals surface area (Å²) in [6, 6.07) is 4.28. The van der Waals surface area contributed by atoms with Crippen molar-refractivity contribution in [3.05, 3.63) is 29.6 Å². The third-order valence-corrected chi connectivity index (χ3v) is 6.25. The zero-order valence-corrected chi connectivity index (χ0v) is 20.1. The van der Waals surface area contributed by atoms with Crippen LogP contribution in [0.2, 0.25) is 0 Å². The first-order valence-corrected chi connectivity index (χ1v) is 11.1. The molecule has 1 aromatic rings. The highest BCUT2D eigenvalue weighted by molar-refractivity contribution is 6.62. The molecule has 0 aliphatic carbocycles. The zero-order chi connectivity index (χ0) is 23.9. The van der Waals surface area contributed by atoms with E-state index in [1.807, 2.05) is 48.5 Å². The van der Waals surface area contributed by atoms with Gasteiger partial charge in [0, 0.05) is 19.1 Å². The lowest BCUT2D eigenvalue weighted by molar-refractivity contribution is 0.00578. The molecular formula is C23H34BFN2O5. The molecule has 2 amide bonds. The topological polar surface area (TPSA) is 77.1 Å². The Morgan fingerprint density at radius 2 is 1.69 bits per heavy atom. The Bertz CT molecular complexity index is 860. The van der Waals surface area contributed by atoms with Crippen molar-refractivity contribution in [3.63, 3.8) is 0 Å². The van der Waals surface area contributed by atoms with Gasteiger partial charge in [0.2, 0.25) is 0 Å². The molecule has 0 atom stereocenters. The van der Waals surface area contributed by atoms with Gasteiger partial charge in [-0.05, 0) is 78.9 Å². The van der Waals surface area contributed by atoms with E-state index in [1.165, 1.54) is 12.1 Å². The van der Waals surface area contributed by atoms with Crippen LogP contribution in [0.1, 0.15) is 71.7 Å². The predicted molar refractivity (Wildman–Crippen MR) is 120 cm³/mol. The summed E-state index contributed by atoms with van der Waals surface area (Å²) in [6.45, 7) is 14.1. The van der Waals surface area contributed by atoms with E-state index in [9.17, 15) is 14.0 Å². The summed E-state index contributed by atoms with van der Waals surface area (Å²) in [5.74, 6) is -1.10. The lowest BCUT2D eigenvalue weighted by atomic mass is 9.78. The van der Waals surface area contributed by atoms with Crippen LogP contribution in [0, 0.1) is 5.82 Å². The van der Waals surface area contributed by atoms with Crippen LogP contribution in [0.3, 0.4) is 0 Å². The van der Waals surface area contributed by atoms with Crippen molar-refractivity contribution < 1.29 is 28.0 Å². The lowest BCUT2D eigenvalue weighted by Gasteiger charge is -2.33. The maximum atomic E-state index is 14.8. The van der Waals surface area contributed by atoms with Gasteiger partial charge in [-0.15, -0.1) is 0 Å². The molecule has 1 aromatic carbocycles. The Labute approximate surface area is 190 Å². The van der Waals surface area contributed by atoms with Crippen LogP contribution in [0.15, 0.2) is 18.2 Å². The number of likely N-dealkylation sites (tertiary alicyclic amines) is 1. The quantitative estimate of drug-likeness (QED) is 0.719. The highest BCUT2D eigenvalue weighted by atomic mass is 19.1. The number of nitrogens with zero attached hydrogens (tertiary/aromatic N) is 1. The van der Waals surface area contributed by atoms with Gasteiger partial charge in [-0.25, -0.2) is 9.18 Å². The van der Waals surface area contributed by atoms with E-state index >= 15 is 0 Å². The molecule has 7 nitrogen and oxygen atoms in total. The normalized spacial score (nSPS) is 20.9. The number of hydrogen-bond donors (Lipinski definition) is 1. The van der Waals surface area contributed by atoms with Gasteiger partial charge in [0.1, 0.15) is 11.4 Å². The second-order valence-electron chi connectivity index (χ2n) is 10.5. The summed E-state index contributed by atoms with van der Waals surface area (Å²) < 4.78 is 32.1. The van der Waals surface area contributed by atoms with Crippen molar-refractivity contribution in [2.45, 2.75) is 84.2 Å². The van der Waals surface area contributed by atoms with Gasteiger partial charge in [0.25, 0.3) is 5.91 Å². The molecule has 1 N–H and O–H groups in total. The molecule has 3 rings (SSSR count). The molecule has 176 valence electrons. The fraction of sp³-hybridized carbons (Fsp3) is 0.652. The first-order chi connectivity index (χ1) is 14.7. The number of ether oxygens (including phenoxy) is 1. The van der Waals surface area contributed by atoms with Crippen LogP contribution in [0.4, 0.5) is 9.18 Å². The van der Waals surface area contributed by atoms with E-state index < -0.39 is 35.6 Å². The van der Waals surface area contributed by atoms with Crippen LogP contribution in [-0.4, -0.2) is 60.0 Å². The summed E-state index contributed by atoms with van der Waals surface area (Å²) in [7, 11) is -0.691. The van der Waals surface area contributed by atoms with Gasteiger partial charge >= 0.3 is 13.2 Å². The SMILES string of the molecule is CC(C)(C)OC(=O)N1CCC(NC(=O)c2ccc(B3OC(C)(C)C(C)(C)O3)cc2F)CC1. The lowest BCUT2D eigenvalue weighted by Crippen LogP contribution is -2.48. The number of halogens is 1. The third kappa shape index (κ3) is 5.43. The molecule has 0 aromatic heterocycles. The van der Waals surface area contributed by atoms with Gasteiger partial charge in [-0.1, -0.05) is 6.07 Å². The number of benzene rings is 1. The van der Waals surface area contributed by atoms with Crippen molar-refractivity contribution in [1.82, 2.24) is 10.2 Å². The minimum Gasteiger partial charge on any atom is -0.444 e. The van der Waals surface area contributed by atoms with E-state index in [0.717, 1.165) is 0 Å². The Hall–Kier alpha value is -2.13. The number of rotatable bonds is 3. The molecule has 32 heavy (non-hydrogen) atoms. The molecule has 0 unspecified atom stereocenters. The predicted octanol–water partition coefficient (Wildman–Crippen LogP) is 3.25. The minimum absolute atomic E-state index is 0.0279. The number of amides is 2. The van der Waals surface area contributed by atoms with Crippen LogP contribution < -0.4 is 10.8 Å². The largest absolute Gasteiger partial charge is 0.494 e. The Balaban J connectivity index is 1.57. The average Bonchev–Trinajstić information content (AvgIpc) is 2.88. The standard InChI is InChI=1S/C23H34BFN2O5/c1-21(2,3)30-20(29)27-12-10-16(11-13-27)26-19(28)17-9-8-15(14-18(17)25)24-31-22(4,5)23(6,7)32-24/h8-9,14,16H,10-13H2,1-7H3,(H,26,28). The Morgan fingerprint density at radius 3 is 2.19 bits per heavy atom. The Morgan fingerprint density at radius 1 is 1.12 bits per heavy atom. The number of carbonyl (C=O) groups excluding carboxylic acids is 2. The second-order valence-corrected chi connectivity index (χ2v) is 10.5. The molecule has 9 heteroatoms. The summed E-state index contributed by atoms with van der Waals surface area (Å²) in [6.07, 6.45) is 0.809. The van der Waals surface area contributed by atoms with Gasteiger partial charge in [-0.3, -0.25) is 4.79 Å². The molecule has 0 spiro atoms. The van der Waals surface area contributed by atoms with E-state index in [1.54, 1.807) is 11.0 Å². The van der Waals surface area contributed by atoms with Crippen LogP contribution in [0.25, 0.3) is 0 Å². The number of nitrogens with one attached hydrogen (secondary N) is 1. The smallest absolute Gasteiger partial charge is 0.444 e. The van der Waals surface area contributed by atoms with E-state index in [-0.39, 0.29) is 17.7 Å². The first-order valence-electron chi connectivity index (χ1n) is 11.1. The maximum absolute atomic E-state index is 14.8. The van der Waals surface area contributed by atoms with Crippen molar-refractivity contribution in [2.75, 3.05) is 13.1 Å². The van der Waals surface area contributed by atoms with E-state index in [0.29, 0.717) is 31.4 Å². The molecule has 2 aliphatic heterocycles. The molecule has 2 saturated heterocycles. The van der Waals surface area contributed by atoms with E-state index in [2.05, 4.69) is 5.32 Å². The molecule has 0 radical (unpaired) electrons. The second kappa shape index (κ2) is 8.67. The Kier molecular flexibility index (Phi) is 6.64. The van der Waals surface area contributed by atoms with Crippen molar-refractivity contribution in [2.24, 2.45) is 0 Å². The van der Waals surface area contributed by atoms with Gasteiger partial charge in [0.05, 0.1) is 16.8 Å². The number of carbonyl (C=O) groups is 2. The summed E-state index contributed by atoms with van der Waals surface area (Å²) in [4.78, 5) is 26.5. The van der Waals surface area contributed by atoms with Crippen molar-refractivity contribution in [3.8, 4) is 0 Å². The number of hydrogen-bond acceptors (Lipinski definition) is 5. The fourth-order valence-electron chi connectivity index (χ4n) is 3.64. The van der Waals surface area contributed by atoms with Crippen LogP contribution in [-0.2, 0) is 14.0 Å². The summed E-state index contributed by atoms with van der Waals surface area (Å²) in [5, 5.41) is 2.88. The molecule has 0 bridgehead atoms. The monoisotopic (exact) mass is 448 g/mol.